The minimum atomic E-state index is -3.65. The maximum absolute atomic E-state index is 12.2. The van der Waals surface area contributed by atoms with Crippen molar-refractivity contribution in [1.29, 1.82) is 0 Å². The number of para-hydroxylation sites is 1. The van der Waals surface area contributed by atoms with E-state index in [2.05, 4.69) is 19.8 Å². The summed E-state index contributed by atoms with van der Waals surface area (Å²) in [7, 11) is -1.99. The van der Waals surface area contributed by atoms with Gasteiger partial charge in [-0.05, 0) is 12.1 Å². The van der Waals surface area contributed by atoms with Gasteiger partial charge >= 0.3 is 0 Å². The van der Waals surface area contributed by atoms with Crippen molar-refractivity contribution >= 4 is 26.7 Å². The number of hydrogen-bond donors (Lipinski definition) is 2. The molecule has 0 radical (unpaired) electrons. The lowest BCUT2D eigenvalue weighted by Gasteiger charge is -2.06. The van der Waals surface area contributed by atoms with Gasteiger partial charge in [0, 0.05) is 13.2 Å². The van der Waals surface area contributed by atoms with E-state index >= 15 is 0 Å². The molecule has 3 aromatic rings. The first-order valence-electron chi connectivity index (χ1n) is 5.50. The fraction of sp³-hybridized carbons (Fsp3) is 0.0909. The number of H-pyrrole nitrogens is 1. The Morgan fingerprint density at radius 3 is 2.95 bits per heavy atom. The molecule has 19 heavy (non-hydrogen) atoms. The second kappa shape index (κ2) is 4.09. The van der Waals surface area contributed by atoms with Crippen LogP contribution >= 0.6 is 0 Å². The van der Waals surface area contributed by atoms with Gasteiger partial charge in [0.05, 0.1) is 23.7 Å². The molecule has 0 spiro atoms. The van der Waals surface area contributed by atoms with Crippen LogP contribution in [0.4, 0.5) is 5.69 Å². The molecule has 8 heteroatoms. The molecule has 7 nitrogen and oxygen atoms in total. The molecule has 0 fully saturated rings. The average Bonchev–Trinajstić information content (AvgIpc) is 2.97. The summed E-state index contributed by atoms with van der Waals surface area (Å²) in [6.45, 7) is 0. The van der Waals surface area contributed by atoms with Gasteiger partial charge in [-0.25, -0.2) is 13.4 Å². The SMILES string of the molecule is Cn1cc(S(=O)(=O)Nc2cccc3[nH]cnc23)cn1. The van der Waals surface area contributed by atoms with Crippen molar-refractivity contribution in [2.75, 3.05) is 4.72 Å². The second-order valence-corrected chi connectivity index (χ2v) is 5.74. The Labute approximate surface area is 109 Å². The second-order valence-electron chi connectivity index (χ2n) is 4.06. The molecular formula is C11H11N5O2S. The zero-order chi connectivity index (χ0) is 13.5. The lowest BCUT2D eigenvalue weighted by Crippen LogP contribution is -2.12. The van der Waals surface area contributed by atoms with E-state index in [0.717, 1.165) is 5.52 Å². The van der Waals surface area contributed by atoms with E-state index in [1.54, 1.807) is 19.2 Å². The number of imidazole rings is 1. The summed E-state index contributed by atoms with van der Waals surface area (Å²) in [5, 5.41) is 3.85. The van der Waals surface area contributed by atoms with Crippen LogP contribution in [-0.4, -0.2) is 28.2 Å². The van der Waals surface area contributed by atoms with Gasteiger partial charge in [0.15, 0.2) is 0 Å². The number of sulfonamides is 1. The summed E-state index contributed by atoms with van der Waals surface area (Å²) in [5.74, 6) is 0. The van der Waals surface area contributed by atoms with Gasteiger partial charge in [-0.2, -0.15) is 5.10 Å². The molecule has 3 rings (SSSR count). The van der Waals surface area contributed by atoms with Crippen molar-refractivity contribution < 1.29 is 8.42 Å². The lowest BCUT2D eigenvalue weighted by molar-refractivity contribution is 0.601. The number of nitrogens with one attached hydrogen (secondary N) is 2. The molecule has 1 aromatic carbocycles. The average molecular weight is 277 g/mol. The minimum absolute atomic E-state index is 0.113. The maximum atomic E-state index is 12.2. The van der Waals surface area contributed by atoms with Gasteiger partial charge in [-0.1, -0.05) is 6.07 Å². The molecule has 0 saturated carbocycles. The molecular weight excluding hydrogens is 266 g/mol. The van der Waals surface area contributed by atoms with Crippen LogP contribution in [0.3, 0.4) is 0 Å². The number of benzene rings is 1. The van der Waals surface area contributed by atoms with Crippen molar-refractivity contribution in [3.8, 4) is 0 Å². The van der Waals surface area contributed by atoms with Crippen molar-refractivity contribution in [2.45, 2.75) is 4.90 Å². The predicted molar refractivity (Wildman–Crippen MR) is 70.1 cm³/mol. The molecule has 0 aliphatic carbocycles. The van der Waals surface area contributed by atoms with Crippen LogP contribution in [0, 0.1) is 0 Å². The Kier molecular flexibility index (Phi) is 2.53. The maximum Gasteiger partial charge on any atom is 0.265 e. The van der Waals surface area contributed by atoms with Crippen LogP contribution < -0.4 is 4.72 Å². The first-order chi connectivity index (χ1) is 9.06. The van der Waals surface area contributed by atoms with Gasteiger partial charge in [-0.15, -0.1) is 0 Å². The monoisotopic (exact) mass is 277 g/mol. The van der Waals surface area contributed by atoms with E-state index < -0.39 is 10.0 Å². The van der Waals surface area contributed by atoms with Gasteiger partial charge in [0.2, 0.25) is 0 Å². The number of nitrogens with zero attached hydrogens (tertiary/aromatic N) is 3. The fourth-order valence-corrected chi connectivity index (χ4v) is 2.84. The summed E-state index contributed by atoms with van der Waals surface area (Å²) in [6.07, 6.45) is 4.26. The third-order valence-corrected chi connectivity index (χ3v) is 4.01. The van der Waals surface area contributed by atoms with Crippen LogP contribution in [0.1, 0.15) is 0 Å². The number of rotatable bonds is 3. The predicted octanol–water partition coefficient (Wildman–Crippen LogP) is 1.10. The Bertz CT molecular complexity index is 834. The van der Waals surface area contributed by atoms with Gasteiger partial charge in [0.1, 0.15) is 10.4 Å². The molecule has 0 bridgehead atoms. The molecule has 0 saturated heterocycles. The summed E-state index contributed by atoms with van der Waals surface area (Å²) in [4.78, 5) is 7.14. The number of aromatic nitrogens is 4. The van der Waals surface area contributed by atoms with Crippen molar-refractivity contribution in [3.63, 3.8) is 0 Å². The van der Waals surface area contributed by atoms with Crippen LogP contribution in [0.5, 0.6) is 0 Å². The zero-order valence-electron chi connectivity index (χ0n) is 10.0. The van der Waals surface area contributed by atoms with Crippen LogP contribution in [0.2, 0.25) is 0 Å². The first kappa shape index (κ1) is 11.7. The molecule has 0 amide bonds. The zero-order valence-corrected chi connectivity index (χ0v) is 10.8. The number of aromatic amines is 1. The number of anilines is 1. The number of hydrogen-bond acceptors (Lipinski definition) is 4. The highest BCUT2D eigenvalue weighted by molar-refractivity contribution is 7.92. The van der Waals surface area contributed by atoms with E-state index in [-0.39, 0.29) is 4.90 Å². The van der Waals surface area contributed by atoms with Gasteiger partial charge in [-0.3, -0.25) is 9.40 Å². The summed E-state index contributed by atoms with van der Waals surface area (Å²) >= 11 is 0. The van der Waals surface area contributed by atoms with E-state index in [0.29, 0.717) is 11.2 Å². The fourth-order valence-electron chi connectivity index (χ4n) is 1.79. The molecule has 98 valence electrons. The van der Waals surface area contributed by atoms with E-state index in [1.807, 2.05) is 6.07 Å². The molecule has 0 aliphatic heterocycles. The molecule has 0 unspecified atom stereocenters. The van der Waals surface area contributed by atoms with Crippen LogP contribution in [-0.2, 0) is 17.1 Å². The van der Waals surface area contributed by atoms with Gasteiger partial charge in [0.25, 0.3) is 10.0 Å². The smallest absolute Gasteiger partial charge is 0.265 e. The molecule has 2 aromatic heterocycles. The van der Waals surface area contributed by atoms with Crippen molar-refractivity contribution in [1.82, 2.24) is 19.7 Å². The third kappa shape index (κ3) is 2.06. The summed E-state index contributed by atoms with van der Waals surface area (Å²) in [6, 6.07) is 5.24. The van der Waals surface area contributed by atoms with Crippen LogP contribution in [0.25, 0.3) is 11.0 Å². The van der Waals surface area contributed by atoms with E-state index in [4.69, 9.17) is 0 Å². The van der Waals surface area contributed by atoms with E-state index in [1.165, 1.54) is 23.4 Å². The molecule has 0 aliphatic rings. The highest BCUT2D eigenvalue weighted by Gasteiger charge is 2.17. The Morgan fingerprint density at radius 2 is 2.21 bits per heavy atom. The molecule has 2 N–H and O–H groups in total. The third-order valence-electron chi connectivity index (χ3n) is 2.69. The molecule has 0 atom stereocenters. The number of aryl methyl sites for hydroxylation is 1. The van der Waals surface area contributed by atoms with Crippen molar-refractivity contribution in [2.24, 2.45) is 7.05 Å². The topological polar surface area (TPSA) is 92.7 Å². The van der Waals surface area contributed by atoms with Gasteiger partial charge < -0.3 is 4.98 Å². The summed E-state index contributed by atoms with van der Waals surface area (Å²) < 4.78 is 28.3. The lowest BCUT2D eigenvalue weighted by atomic mass is 10.3. The highest BCUT2D eigenvalue weighted by Crippen LogP contribution is 2.22. The van der Waals surface area contributed by atoms with Crippen LogP contribution in [0.15, 0.2) is 41.8 Å². The standard InChI is InChI=1S/C11H11N5O2S/c1-16-6-8(5-14-16)19(17,18)15-10-4-2-3-9-11(10)13-7-12-9/h2-7,15H,1H3,(H,12,13). The quantitative estimate of drug-likeness (QED) is 0.749. The Balaban J connectivity index is 2.03. The van der Waals surface area contributed by atoms with Crippen molar-refractivity contribution in [3.05, 3.63) is 36.9 Å². The normalized spacial score (nSPS) is 11.8. The Morgan fingerprint density at radius 1 is 1.37 bits per heavy atom. The number of fused-ring (bicyclic) bond motifs is 1. The highest BCUT2D eigenvalue weighted by atomic mass is 32.2. The van der Waals surface area contributed by atoms with E-state index in [9.17, 15) is 8.42 Å². The summed E-state index contributed by atoms with van der Waals surface area (Å²) in [5.41, 5.74) is 1.78. The largest absolute Gasteiger partial charge is 0.345 e. The first-order valence-corrected chi connectivity index (χ1v) is 6.98. The minimum Gasteiger partial charge on any atom is -0.345 e. The Hall–Kier alpha value is -2.35. The molecule has 2 heterocycles.